The third-order valence-electron chi connectivity index (χ3n) is 3.92. The first-order valence-electron chi connectivity index (χ1n) is 7.89. The van der Waals surface area contributed by atoms with Gasteiger partial charge in [0.1, 0.15) is 0 Å². The van der Waals surface area contributed by atoms with Crippen LogP contribution in [0.3, 0.4) is 0 Å². The molecule has 6 heteroatoms. The highest BCUT2D eigenvalue weighted by molar-refractivity contribution is 6.01. The Hall–Kier alpha value is -2.24. The van der Waals surface area contributed by atoms with E-state index in [2.05, 4.69) is 5.16 Å². The Morgan fingerprint density at radius 2 is 2.13 bits per heavy atom. The van der Waals surface area contributed by atoms with E-state index in [4.69, 9.17) is 14.3 Å². The van der Waals surface area contributed by atoms with Crippen LogP contribution in [0, 0.1) is 5.92 Å². The first-order valence-corrected chi connectivity index (χ1v) is 7.89. The molecule has 0 aliphatic carbocycles. The number of nitrogens with zero attached hydrogens (tertiary/aromatic N) is 2. The van der Waals surface area contributed by atoms with Gasteiger partial charge < -0.3 is 19.2 Å². The summed E-state index contributed by atoms with van der Waals surface area (Å²) in [5.41, 5.74) is 1.84. The summed E-state index contributed by atoms with van der Waals surface area (Å²) < 4.78 is 10.7. The van der Waals surface area contributed by atoms with E-state index in [9.17, 15) is 4.79 Å². The van der Waals surface area contributed by atoms with Crippen LogP contribution in [0.15, 0.2) is 23.4 Å². The smallest absolute Gasteiger partial charge is 0.231 e. The van der Waals surface area contributed by atoms with Crippen LogP contribution in [-0.2, 0) is 9.63 Å². The Morgan fingerprint density at radius 1 is 1.35 bits per heavy atom. The van der Waals surface area contributed by atoms with Crippen molar-refractivity contribution in [2.24, 2.45) is 11.1 Å². The lowest BCUT2D eigenvalue weighted by Gasteiger charge is -2.20. The fraction of sp³-hybridized carbons (Fsp3) is 0.529. The lowest BCUT2D eigenvalue weighted by molar-refractivity contribution is -0.132. The third kappa shape index (κ3) is 3.57. The maximum Gasteiger partial charge on any atom is 0.231 e. The number of benzene rings is 1. The van der Waals surface area contributed by atoms with Crippen molar-refractivity contribution < 1.29 is 19.1 Å². The molecule has 1 aromatic carbocycles. The number of fused-ring (bicyclic) bond motifs is 1. The van der Waals surface area contributed by atoms with Gasteiger partial charge in [0.2, 0.25) is 12.7 Å². The van der Waals surface area contributed by atoms with Crippen LogP contribution in [-0.4, -0.2) is 43.0 Å². The largest absolute Gasteiger partial charge is 0.454 e. The van der Waals surface area contributed by atoms with E-state index in [0.29, 0.717) is 25.3 Å². The second-order valence-electron chi connectivity index (χ2n) is 6.41. The molecule has 0 spiro atoms. The van der Waals surface area contributed by atoms with Gasteiger partial charge in [0.15, 0.2) is 17.6 Å². The van der Waals surface area contributed by atoms with E-state index in [0.717, 1.165) is 22.8 Å². The van der Waals surface area contributed by atoms with Crippen molar-refractivity contribution in [3.05, 3.63) is 23.8 Å². The van der Waals surface area contributed by atoms with Crippen molar-refractivity contribution in [3.63, 3.8) is 0 Å². The van der Waals surface area contributed by atoms with E-state index in [1.54, 1.807) is 4.90 Å². The van der Waals surface area contributed by atoms with E-state index >= 15 is 0 Å². The minimum atomic E-state index is -0.100. The van der Waals surface area contributed by atoms with Gasteiger partial charge in [0.05, 0.1) is 12.3 Å². The third-order valence-corrected chi connectivity index (χ3v) is 3.92. The summed E-state index contributed by atoms with van der Waals surface area (Å²) in [5.74, 6) is 1.98. The number of carbonyl (C=O) groups is 1. The maximum absolute atomic E-state index is 12.0. The van der Waals surface area contributed by atoms with Gasteiger partial charge in [-0.1, -0.05) is 19.0 Å². The number of likely N-dealkylation sites (N-methyl/N-ethyl adjacent to an activating group) is 1. The molecule has 0 saturated carbocycles. The fourth-order valence-corrected chi connectivity index (χ4v) is 2.69. The number of carbonyl (C=O) groups excluding carboxylic acids is 1. The number of hydrogen-bond donors (Lipinski definition) is 0. The summed E-state index contributed by atoms with van der Waals surface area (Å²) in [7, 11) is 1.81. The molecule has 1 aromatic rings. The van der Waals surface area contributed by atoms with Gasteiger partial charge in [0.25, 0.3) is 0 Å². The van der Waals surface area contributed by atoms with Crippen molar-refractivity contribution >= 4 is 11.6 Å². The molecule has 2 heterocycles. The minimum absolute atomic E-state index is 0.100. The number of oxime groups is 1. The zero-order valence-corrected chi connectivity index (χ0v) is 13.7. The molecule has 1 unspecified atom stereocenters. The Balaban J connectivity index is 1.57. The van der Waals surface area contributed by atoms with Gasteiger partial charge in [-0.3, -0.25) is 4.79 Å². The van der Waals surface area contributed by atoms with Crippen LogP contribution in [0.2, 0.25) is 0 Å². The van der Waals surface area contributed by atoms with E-state index in [-0.39, 0.29) is 18.8 Å². The fourth-order valence-electron chi connectivity index (χ4n) is 2.69. The maximum atomic E-state index is 12.0. The van der Waals surface area contributed by atoms with Crippen molar-refractivity contribution in [1.29, 1.82) is 0 Å². The quantitative estimate of drug-likeness (QED) is 0.836. The Morgan fingerprint density at radius 3 is 2.91 bits per heavy atom. The number of amides is 1. The van der Waals surface area contributed by atoms with Crippen LogP contribution < -0.4 is 9.47 Å². The first-order chi connectivity index (χ1) is 11.0. The van der Waals surface area contributed by atoms with E-state index in [1.165, 1.54) is 0 Å². The molecule has 1 amide bonds. The molecule has 6 nitrogen and oxygen atoms in total. The molecular weight excluding hydrogens is 296 g/mol. The van der Waals surface area contributed by atoms with Gasteiger partial charge in [-0.25, -0.2) is 0 Å². The topological polar surface area (TPSA) is 60.4 Å². The highest BCUT2D eigenvalue weighted by Crippen LogP contribution is 2.33. The zero-order chi connectivity index (χ0) is 16.4. The molecule has 0 aromatic heterocycles. The van der Waals surface area contributed by atoms with Crippen LogP contribution in [0.25, 0.3) is 0 Å². The predicted molar refractivity (Wildman–Crippen MR) is 85.7 cm³/mol. The summed E-state index contributed by atoms with van der Waals surface area (Å²) in [6, 6.07) is 5.75. The highest BCUT2D eigenvalue weighted by Gasteiger charge is 2.26. The molecule has 2 aliphatic heterocycles. The van der Waals surface area contributed by atoms with Crippen LogP contribution in [0.1, 0.15) is 32.3 Å². The summed E-state index contributed by atoms with van der Waals surface area (Å²) >= 11 is 0. The molecule has 0 bridgehead atoms. The van der Waals surface area contributed by atoms with Gasteiger partial charge in [-0.2, -0.15) is 0 Å². The van der Waals surface area contributed by atoms with Crippen LogP contribution in [0.4, 0.5) is 0 Å². The molecule has 0 fully saturated rings. The number of hydrogen-bond acceptors (Lipinski definition) is 5. The van der Waals surface area contributed by atoms with Crippen molar-refractivity contribution in [1.82, 2.24) is 4.90 Å². The molecule has 124 valence electrons. The van der Waals surface area contributed by atoms with Gasteiger partial charge in [-0.15, -0.1) is 0 Å². The normalized spacial score (nSPS) is 18.8. The van der Waals surface area contributed by atoms with E-state index < -0.39 is 0 Å². The lowest BCUT2D eigenvalue weighted by atomic mass is 10.0. The molecule has 3 rings (SSSR count). The average Bonchev–Trinajstić information content (AvgIpc) is 3.14. The number of ether oxygens (including phenoxy) is 2. The van der Waals surface area contributed by atoms with Crippen LogP contribution in [0.5, 0.6) is 11.5 Å². The Labute approximate surface area is 136 Å². The van der Waals surface area contributed by atoms with Crippen LogP contribution >= 0.6 is 0 Å². The highest BCUT2D eigenvalue weighted by atomic mass is 16.7. The molecule has 0 radical (unpaired) electrons. The Bertz CT molecular complexity index is 627. The summed E-state index contributed by atoms with van der Waals surface area (Å²) in [5, 5.41) is 4.17. The SMILES string of the molecule is CC(C)CC(=O)N(C)CC1CC(c2ccc3c(c2)OCO3)=NO1. The molecular formula is C17H22N2O4. The van der Waals surface area contributed by atoms with Gasteiger partial charge in [0, 0.05) is 25.5 Å². The van der Waals surface area contributed by atoms with E-state index in [1.807, 2.05) is 39.1 Å². The summed E-state index contributed by atoms with van der Waals surface area (Å²) in [4.78, 5) is 19.2. The molecule has 23 heavy (non-hydrogen) atoms. The summed E-state index contributed by atoms with van der Waals surface area (Å²) in [6.45, 7) is 4.88. The second-order valence-corrected chi connectivity index (χ2v) is 6.41. The Kier molecular flexibility index (Phi) is 4.41. The average molecular weight is 318 g/mol. The first kappa shape index (κ1) is 15.6. The van der Waals surface area contributed by atoms with Crippen molar-refractivity contribution in [3.8, 4) is 11.5 Å². The van der Waals surface area contributed by atoms with Crippen molar-refractivity contribution in [2.45, 2.75) is 32.8 Å². The summed E-state index contributed by atoms with van der Waals surface area (Å²) in [6.07, 6.45) is 1.13. The second kappa shape index (κ2) is 6.48. The molecule has 0 saturated heterocycles. The standard InChI is InChI=1S/C17H22N2O4/c1-11(2)6-17(20)19(3)9-13-8-14(18-23-13)12-4-5-15-16(7-12)22-10-21-15/h4-5,7,11,13H,6,8-10H2,1-3H3. The predicted octanol–water partition coefficient (Wildman–Crippen LogP) is 2.41. The van der Waals surface area contributed by atoms with Gasteiger partial charge in [-0.05, 0) is 24.1 Å². The molecule has 1 atom stereocenters. The number of rotatable bonds is 5. The molecule has 0 N–H and O–H groups in total. The van der Waals surface area contributed by atoms with Gasteiger partial charge >= 0.3 is 0 Å². The monoisotopic (exact) mass is 318 g/mol. The molecule has 2 aliphatic rings. The lowest BCUT2D eigenvalue weighted by Crippen LogP contribution is -2.35. The van der Waals surface area contributed by atoms with Crippen molar-refractivity contribution in [2.75, 3.05) is 20.4 Å². The zero-order valence-electron chi connectivity index (χ0n) is 13.7. The minimum Gasteiger partial charge on any atom is -0.454 e.